The Hall–Kier alpha value is -1.77. The zero-order valence-corrected chi connectivity index (χ0v) is 18.7. The molecule has 29 heavy (non-hydrogen) atoms. The molecule has 1 aliphatic heterocycles. The number of sulfone groups is 1. The van der Waals surface area contributed by atoms with E-state index in [0.29, 0.717) is 11.1 Å². The molecule has 8 heteroatoms. The molecule has 0 bridgehead atoms. The average Bonchev–Trinajstić information content (AvgIpc) is 2.79. The lowest BCUT2D eigenvalue weighted by atomic mass is 10.0. The molecule has 1 heterocycles. The highest BCUT2D eigenvalue weighted by atomic mass is 32.2. The first-order chi connectivity index (χ1) is 13.5. The molecule has 158 valence electrons. The van der Waals surface area contributed by atoms with Crippen molar-refractivity contribution < 1.29 is 21.2 Å². The third-order valence-electron chi connectivity index (χ3n) is 5.85. The minimum absolute atomic E-state index is 0.0192. The number of halogens is 1. The monoisotopic (exact) mass is 439 g/mol. The van der Waals surface area contributed by atoms with Crippen molar-refractivity contribution in [2.24, 2.45) is 0 Å². The molecule has 2 aromatic carbocycles. The Labute approximate surface area is 172 Å². The van der Waals surface area contributed by atoms with E-state index in [4.69, 9.17) is 0 Å². The van der Waals surface area contributed by atoms with Gasteiger partial charge >= 0.3 is 0 Å². The second-order valence-electron chi connectivity index (χ2n) is 7.66. The van der Waals surface area contributed by atoms with Crippen LogP contribution >= 0.6 is 0 Å². The topological polar surface area (TPSA) is 71.5 Å². The summed E-state index contributed by atoms with van der Waals surface area (Å²) in [6.07, 6.45) is 0.0192. The van der Waals surface area contributed by atoms with Crippen LogP contribution in [0.3, 0.4) is 0 Å². The van der Waals surface area contributed by atoms with Crippen LogP contribution in [0.4, 0.5) is 4.39 Å². The van der Waals surface area contributed by atoms with Crippen LogP contribution in [0.1, 0.15) is 39.5 Å². The van der Waals surface area contributed by atoms with Crippen molar-refractivity contribution in [3.63, 3.8) is 0 Å². The number of benzene rings is 2. The molecule has 1 fully saturated rings. The lowest BCUT2D eigenvalue weighted by Gasteiger charge is -2.24. The lowest BCUT2D eigenvalue weighted by Crippen LogP contribution is -2.34. The van der Waals surface area contributed by atoms with E-state index < -0.39 is 30.9 Å². The Balaban J connectivity index is 2.02. The molecule has 0 amide bonds. The fourth-order valence-electron chi connectivity index (χ4n) is 3.95. The van der Waals surface area contributed by atoms with E-state index in [1.807, 2.05) is 19.9 Å². The summed E-state index contributed by atoms with van der Waals surface area (Å²) < 4.78 is 68.0. The number of rotatable bonds is 3. The zero-order valence-electron chi connectivity index (χ0n) is 17.1. The SMILES string of the molecule is Cc1cc(C)c(C)c(S(=O)(=O)N2CCC(c3ccccc3F)S(=O)(=O)CC2)c1C. The maximum Gasteiger partial charge on any atom is 0.243 e. The van der Waals surface area contributed by atoms with Crippen LogP contribution < -0.4 is 0 Å². The van der Waals surface area contributed by atoms with Gasteiger partial charge in [-0.3, -0.25) is 0 Å². The third kappa shape index (κ3) is 3.98. The molecule has 1 aliphatic rings. The van der Waals surface area contributed by atoms with Crippen molar-refractivity contribution in [3.05, 3.63) is 64.0 Å². The highest BCUT2D eigenvalue weighted by molar-refractivity contribution is 7.92. The van der Waals surface area contributed by atoms with E-state index in [9.17, 15) is 21.2 Å². The summed E-state index contributed by atoms with van der Waals surface area (Å²) >= 11 is 0. The van der Waals surface area contributed by atoms with Gasteiger partial charge in [-0.05, 0) is 62.4 Å². The van der Waals surface area contributed by atoms with Crippen molar-refractivity contribution in [2.45, 2.75) is 44.3 Å². The van der Waals surface area contributed by atoms with Crippen LogP contribution in [0, 0.1) is 33.5 Å². The van der Waals surface area contributed by atoms with Gasteiger partial charge in [-0.15, -0.1) is 0 Å². The van der Waals surface area contributed by atoms with Gasteiger partial charge in [0.05, 0.1) is 15.9 Å². The van der Waals surface area contributed by atoms with Gasteiger partial charge in [-0.2, -0.15) is 4.31 Å². The van der Waals surface area contributed by atoms with E-state index in [0.717, 1.165) is 11.1 Å². The van der Waals surface area contributed by atoms with Gasteiger partial charge in [0.15, 0.2) is 9.84 Å². The molecule has 3 rings (SSSR count). The van der Waals surface area contributed by atoms with Crippen LogP contribution in [0.2, 0.25) is 0 Å². The van der Waals surface area contributed by atoms with Crippen LogP contribution in [0.15, 0.2) is 35.2 Å². The molecular formula is C21H26FNO4S2. The molecule has 1 saturated heterocycles. The van der Waals surface area contributed by atoms with Crippen LogP contribution in [-0.2, 0) is 19.9 Å². The Morgan fingerprint density at radius 2 is 1.59 bits per heavy atom. The van der Waals surface area contributed by atoms with E-state index in [-0.39, 0.29) is 35.7 Å². The van der Waals surface area contributed by atoms with E-state index >= 15 is 0 Å². The molecule has 1 atom stereocenters. The summed E-state index contributed by atoms with van der Waals surface area (Å²) in [6.45, 7) is 7.15. The zero-order chi connectivity index (χ0) is 21.6. The van der Waals surface area contributed by atoms with Gasteiger partial charge in [0.25, 0.3) is 0 Å². The predicted octanol–water partition coefficient (Wildman–Crippen LogP) is 3.61. The van der Waals surface area contributed by atoms with E-state index in [1.165, 1.54) is 22.5 Å². The normalized spacial score (nSPS) is 20.4. The van der Waals surface area contributed by atoms with Crippen molar-refractivity contribution in [1.29, 1.82) is 0 Å². The van der Waals surface area contributed by atoms with Gasteiger partial charge in [0.2, 0.25) is 10.0 Å². The molecule has 1 unspecified atom stereocenters. The molecule has 0 radical (unpaired) electrons. The molecular weight excluding hydrogens is 413 g/mol. The quantitative estimate of drug-likeness (QED) is 0.733. The largest absolute Gasteiger partial charge is 0.243 e. The summed E-state index contributed by atoms with van der Waals surface area (Å²) in [7, 11) is -7.58. The number of hydrogen-bond donors (Lipinski definition) is 0. The van der Waals surface area contributed by atoms with Crippen LogP contribution in [0.25, 0.3) is 0 Å². The average molecular weight is 440 g/mol. The maximum atomic E-state index is 14.2. The Morgan fingerprint density at radius 1 is 1.00 bits per heavy atom. The summed E-state index contributed by atoms with van der Waals surface area (Å²) in [4.78, 5) is 0.247. The lowest BCUT2D eigenvalue weighted by molar-refractivity contribution is 0.426. The first kappa shape index (κ1) is 21.9. The summed E-state index contributed by atoms with van der Waals surface area (Å²) in [6, 6.07) is 7.73. The Morgan fingerprint density at radius 3 is 2.17 bits per heavy atom. The number of sulfonamides is 1. The molecule has 0 N–H and O–H groups in total. The summed E-state index contributed by atoms with van der Waals surface area (Å²) in [5.41, 5.74) is 3.19. The van der Waals surface area contributed by atoms with Gasteiger partial charge in [0, 0.05) is 18.7 Å². The second-order valence-corrected chi connectivity index (χ2v) is 11.8. The fourth-order valence-corrected chi connectivity index (χ4v) is 7.90. The maximum absolute atomic E-state index is 14.2. The molecule has 0 saturated carbocycles. The molecule has 0 spiro atoms. The number of aryl methyl sites for hydroxylation is 2. The molecule has 0 aromatic heterocycles. The molecule has 5 nitrogen and oxygen atoms in total. The summed E-state index contributed by atoms with van der Waals surface area (Å²) in [5.74, 6) is -0.924. The van der Waals surface area contributed by atoms with Crippen molar-refractivity contribution in [1.82, 2.24) is 4.31 Å². The fraction of sp³-hybridized carbons (Fsp3) is 0.429. The van der Waals surface area contributed by atoms with Gasteiger partial charge in [-0.25, -0.2) is 21.2 Å². The predicted molar refractivity (Wildman–Crippen MR) is 112 cm³/mol. The number of nitrogens with zero attached hydrogens (tertiary/aromatic N) is 1. The van der Waals surface area contributed by atoms with Crippen LogP contribution in [-0.4, -0.2) is 40.0 Å². The van der Waals surface area contributed by atoms with E-state index in [1.54, 1.807) is 19.9 Å². The van der Waals surface area contributed by atoms with Gasteiger partial charge in [-0.1, -0.05) is 24.3 Å². The molecule has 2 aromatic rings. The van der Waals surface area contributed by atoms with E-state index in [2.05, 4.69) is 0 Å². The first-order valence-corrected chi connectivity index (χ1v) is 12.7. The third-order valence-corrected chi connectivity index (χ3v) is 10.1. The minimum atomic E-state index is -3.88. The standard InChI is InChI=1S/C21H26FNO4S2/c1-14-13-15(2)17(4)21(16(14)3)29(26,27)23-10-9-20(28(24,25)12-11-23)18-7-5-6-8-19(18)22/h5-8,13,20H,9-12H2,1-4H3. The van der Waals surface area contributed by atoms with Crippen molar-refractivity contribution >= 4 is 19.9 Å². The van der Waals surface area contributed by atoms with Crippen LogP contribution in [0.5, 0.6) is 0 Å². The highest BCUT2D eigenvalue weighted by Crippen LogP contribution is 2.34. The summed E-state index contributed by atoms with van der Waals surface area (Å²) in [5, 5.41) is -1.05. The van der Waals surface area contributed by atoms with Gasteiger partial charge in [0.1, 0.15) is 5.82 Å². The Bertz CT molecular complexity index is 1130. The second kappa shape index (κ2) is 7.81. The first-order valence-electron chi connectivity index (χ1n) is 9.50. The highest BCUT2D eigenvalue weighted by Gasteiger charge is 2.37. The minimum Gasteiger partial charge on any atom is -0.228 e. The van der Waals surface area contributed by atoms with Crippen molar-refractivity contribution in [3.8, 4) is 0 Å². The molecule has 0 aliphatic carbocycles. The van der Waals surface area contributed by atoms with Crippen molar-refractivity contribution in [2.75, 3.05) is 18.8 Å². The Kier molecular flexibility index (Phi) is 5.91. The van der Waals surface area contributed by atoms with Gasteiger partial charge < -0.3 is 0 Å². The number of hydrogen-bond acceptors (Lipinski definition) is 4. The smallest absolute Gasteiger partial charge is 0.228 e.